The van der Waals surface area contributed by atoms with Crippen LogP contribution < -0.4 is 4.74 Å². The number of rotatable bonds is 4. The first-order valence-corrected chi connectivity index (χ1v) is 7.11. The number of ether oxygens (including phenoxy) is 1. The number of carbonyl (C=O) groups excluding carboxylic acids is 2. The van der Waals surface area contributed by atoms with Crippen LogP contribution in [0.4, 0.5) is 11.4 Å². The number of hydrogen-bond donors (Lipinski definition) is 0. The maximum atomic E-state index is 12.3. The molecule has 128 valence electrons. The number of nitrogens with zero attached hydrogens (tertiary/aromatic N) is 4. The fourth-order valence-corrected chi connectivity index (χ4v) is 2.34. The topological polar surface area (TPSA) is 126 Å². The van der Waals surface area contributed by atoms with Gasteiger partial charge < -0.3 is 4.74 Å². The number of likely N-dealkylation sites (N-methyl/N-ethyl adjacent to an activating group) is 1. The Bertz CT molecular complexity index is 866. The third-order valence-electron chi connectivity index (χ3n) is 3.82. The van der Waals surface area contributed by atoms with E-state index in [1.165, 1.54) is 45.5 Å². The van der Waals surface area contributed by atoms with E-state index in [1.807, 2.05) is 0 Å². The first-order chi connectivity index (χ1) is 11.8. The van der Waals surface area contributed by atoms with Crippen molar-refractivity contribution in [3.8, 4) is 11.8 Å². The molecule has 0 bridgehead atoms. The van der Waals surface area contributed by atoms with Crippen molar-refractivity contribution in [2.75, 3.05) is 14.2 Å². The van der Waals surface area contributed by atoms with Gasteiger partial charge in [-0.15, -0.1) is 0 Å². The van der Waals surface area contributed by atoms with Crippen LogP contribution in [0.15, 0.2) is 34.3 Å². The maximum Gasteiger partial charge on any atom is 0.273 e. The highest BCUT2D eigenvalue weighted by Gasteiger charge is 2.36. The Morgan fingerprint density at radius 1 is 1.44 bits per heavy atom. The third kappa shape index (κ3) is 3.23. The summed E-state index contributed by atoms with van der Waals surface area (Å²) in [4.78, 5) is 39.4. The zero-order valence-corrected chi connectivity index (χ0v) is 13.7. The molecule has 0 N–H and O–H groups in total. The lowest BCUT2D eigenvalue weighted by Crippen LogP contribution is -2.44. The first-order valence-electron chi connectivity index (χ1n) is 7.11. The lowest BCUT2D eigenvalue weighted by molar-refractivity contribution is -0.384. The SMILES string of the molecule is COc1cc([N+](=O)[O-])ccc1N=CC1C(=O)N(C)C(=O)C(C#N)=C1C. The molecule has 0 saturated heterocycles. The van der Waals surface area contributed by atoms with Gasteiger partial charge in [-0.3, -0.25) is 29.6 Å². The van der Waals surface area contributed by atoms with Crippen LogP contribution in [0.5, 0.6) is 5.75 Å². The number of methoxy groups -OCH3 is 1. The maximum absolute atomic E-state index is 12.3. The highest BCUT2D eigenvalue weighted by atomic mass is 16.6. The third-order valence-corrected chi connectivity index (χ3v) is 3.82. The minimum atomic E-state index is -0.878. The highest BCUT2D eigenvalue weighted by Crippen LogP contribution is 2.32. The minimum absolute atomic E-state index is 0.103. The molecule has 1 aliphatic heterocycles. The molecule has 0 fully saturated rings. The molecule has 2 amide bonds. The van der Waals surface area contributed by atoms with E-state index in [4.69, 9.17) is 10.00 Å². The molecule has 2 rings (SSSR count). The molecule has 1 heterocycles. The van der Waals surface area contributed by atoms with Crippen molar-refractivity contribution < 1.29 is 19.2 Å². The highest BCUT2D eigenvalue weighted by molar-refractivity contribution is 6.15. The Hall–Kier alpha value is -3.54. The van der Waals surface area contributed by atoms with Crippen LogP contribution >= 0.6 is 0 Å². The van der Waals surface area contributed by atoms with Gasteiger partial charge in [-0.05, 0) is 18.6 Å². The number of nitriles is 1. The number of nitro benzene ring substituents is 1. The summed E-state index contributed by atoms with van der Waals surface area (Å²) in [5, 5.41) is 19.9. The van der Waals surface area contributed by atoms with Gasteiger partial charge in [0.2, 0.25) is 5.91 Å². The Morgan fingerprint density at radius 3 is 2.68 bits per heavy atom. The monoisotopic (exact) mass is 342 g/mol. The van der Waals surface area contributed by atoms with E-state index in [0.29, 0.717) is 5.57 Å². The van der Waals surface area contributed by atoms with E-state index in [-0.39, 0.29) is 22.7 Å². The van der Waals surface area contributed by atoms with Gasteiger partial charge in [-0.1, -0.05) is 0 Å². The second-order valence-corrected chi connectivity index (χ2v) is 5.24. The standard InChI is InChI=1S/C16H14N4O5/c1-9-11(7-17)15(21)19(2)16(22)12(9)8-18-13-5-4-10(20(23)24)6-14(13)25-3/h4-6,8,12H,1-3H3. The summed E-state index contributed by atoms with van der Waals surface area (Å²) in [6.07, 6.45) is 1.29. The summed E-state index contributed by atoms with van der Waals surface area (Å²) in [6.45, 7) is 1.52. The number of non-ortho nitro benzene ring substituents is 1. The van der Waals surface area contributed by atoms with Crippen molar-refractivity contribution in [3.05, 3.63) is 39.5 Å². The molecular formula is C16H14N4O5. The predicted octanol–water partition coefficient (Wildman–Crippen LogP) is 1.76. The van der Waals surface area contributed by atoms with Gasteiger partial charge in [0.25, 0.3) is 11.6 Å². The van der Waals surface area contributed by atoms with Crippen molar-refractivity contribution in [2.24, 2.45) is 10.9 Å². The number of aliphatic imine (C=N–C) groups is 1. The molecule has 1 atom stereocenters. The van der Waals surface area contributed by atoms with Gasteiger partial charge in [-0.2, -0.15) is 5.26 Å². The summed E-state index contributed by atoms with van der Waals surface area (Å²) < 4.78 is 5.08. The Labute approximate surface area is 143 Å². The van der Waals surface area contributed by atoms with Gasteiger partial charge in [0.1, 0.15) is 17.3 Å². The van der Waals surface area contributed by atoms with Gasteiger partial charge >= 0.3 is 0 Å². The molecule has 1 unspecified atom stereocenters. The minimum Gasteiger partial charge on any atom is -0.494 e. The van der Waals surface area contributed by atoms with E-state index in [9.17, 15) is 19.7 Å². The number of nitro groups is 1. The lowest BCUT2D eigenvalue weighted by atomic mass is 9.91. The van der Waals surface area contributed by atoms with E-state index >= 15 is 0 Å². The quantitative estimate of drug-likeness (QED) is 0.355. The molecule has 1 aromatic rings. The zero-order chi connectivity index (χ0) is 18.7. The van der Waals surface area contributed by atoms with E-state index < -0.39 is 22.7 Å². The molecule has 9 nitrogen and oxygen atoms in total. The van der Waals surface area contributed by atoms with Crippen LogP contribution in [0, 0.1) is 27.4 Å². The first kappa shape index (κ1) is 17.8. The molecule has 0 radical (unpaired) electrons. The predicted molar refractivity (Wildman–Crippen MR) is 87.4 cm³/mol. The van der Waals surface area contributed by atoms with Crippen LogP contribution in [-0.2, 0) is 9.59 Å². The molecule has 1 aromatic carbocycles. The molecule has 9 heteroatoms. The number of carbonyl (C=O) groups is 2. The number of amides is 2. The molecular weight excluding hydrogens is 328 g/mol. The Kier molecular flexibility index (Phi) is 4.93. The van der Waals surface area contributed by atoms with Crippen LogP contribution in [-0.4, -0.2) is 42.0 Å². The Balaban J connectivity index is 2.43. The second-order valence-electron chi connectivity index (χ2n) is 5.24. The summed E-state index contributed by atoms with van der Waals surface area (Å²) in [6, 6.07) is 5.67. The van der Waals surface area contributed by atoms with Gasteiger partial charge in [0, 0.05) is 19.3 Å². The second kappa shape index (κ2) is 6.92. The molecule has 0 spiro atoms. The average Bonchev–Trinajstić information content (AvgIpc) is 2.60. The van der Waals surface area contributed by atoms with E-state index in [1.54, 1.807) is 6.07 Å². The van der Waals surface area contributed by atoms with E-state index in [2.05, 4.69) is 4.99 Å². The number of imide groups is 1. The smallest absolute Gasteiger partial charge is 0.273 e. The van der Waals surface area contributed by atoms with Crippen molar-refractivity contribution in [2.45, 2.75) is 6.92 Å². The number of benzene rings is 1. The average molecular weight is 342 g/mol. The van der Waals surface area contributed by atoms with Crippen LogP contribution in [0.25, 0.3) is 0 Å². The van der Waals surface area contributed by atoms with Gasteiger partial charge in [0.05, 0.1) is 24.0 Å². The van der Waals surface area contributed by atoms with Crippen LogP contribution in [0.3, 0.4) is 0 Å². The Morgan fingerprint density at radius 2 is 2.12 bits per heavy atom. The summed E-state index contributed by atoms with van der Waals surface area (Å²) in [5.41, 5.74) is 0.332. The largest absolute Gasteiger partial charge is 0.494 e. The molecule has 0 saturated carbocycles. The van der Waals surface area contributed by atoms with Crippen molar-refractivity contribution >= 4 is 29.4 Å². The van der Waals surface area contributed by atoms with Crippen LogP contribution in [0.2, 0.25) is 0 Å². The molecule has 0 aliphatic carbocycles. The number of hydrogen-bond acceptors (Lipinski definition) is 7. The van der Waals surface area contributed by atoms with Crippen molar-refractivity contribution in [3.63, 3.8) is 0 Å². The van der Waals surface area contributed by atoms with Crippen molar-refractivity contribution in [1.82, 2.24) is 4.90 Å². The molecule has 25 heavy (non-hydrogen) atoms. The van der Waals surface area contributed by atoms with E-state index in [0.717, 1.165) is 4.90 Å². The fourth-order valence-electron chi connectivity index (χ4n) is 2.34. The van der Waals surface area contributed by atoms with Gasteiger partial charge in [0.15, 0.2) is 5.75 Å². The molecule has 0 aromatic heterocycles. The zero-order valence-electron chi connectivity index (χ0n) is 13.7. The van der Waals surface area contributed by atoms with Gasteiger partial charge in [-0.25, -0.2) is 0 Å². The summed E-state index contributed by atoms with van der Waals surface area (Å²) in [7, 11) is 2.64. The normalized spacial score (nSPS) is 17.8. The lowest BCUT2D eigenvalue weighted by Gasteiger charge is -2.26. The van der Waals surface area contributed by atoms with Crippen LogP contribution in [0.1, 0.15) is 6.92 Å². The summed E-state index contributed by atoms with van der Waals surface area (Å²) in [5.74, 6) is -1.87. The van der Waals surface area contributed by atoms with Crippen molar-refractivity contribution in [1.29, 1.82) is 5.26 Å². The molecule has 1 aliphatic rings. The summed E-state index contributed by atoms with van der Waals surface area (Å²) >= 11 is 0. The fraction of sp³-hybridized carbons (Fsp3) is 0.250.